The number of phenols is 2. The lowest BCUT2D eigenvalue weighted by Crippen LogP contribution is -2.33. The first-order valence-electron chi connectivity index (χ1n) is 18.2. The van der Waals surface area contributed by atoms with Crippen LogP contribution in [0, 0.1) is 0 Å². The summed E-state index contributed by atoms with van der Waals surface area (Å²) in [6.45, 7) is 8.10. The summed E-state index contributed by atoms with van der Waals surface area (Å²) < 4.78 is 12.7. The molecule has 2 N–H and O–H groups in total. The topological polar surface area (TPSA) is 90.1 Å². The van der Waals surface area contributed by atoms with Crippen LogP contribution in [0.3, 0.4) is 0 Å². The van der Waals surface area contributed by atoms with E-state index >= 15 is 0 Å². The van der Waals surface area contributed by atoms with E-state index in [1.807, 2.05) is 84.9 Å². The normalized spacial score (nSPS) is 16.3. The number of hydrogen-bond acceptors (Lipinski definition) is 8. The lowest BCUT2D eigenvalue weighted by Gasteiger charge is -2.26. The van der Waals surface area contributed by atoms with Crippen molar-refractivity contribution in [3.8, 4) is 23.0 Å². The van der Waals surface area contributed by atoms with Gasteiger partial charge < -0.3 is 19.7 Å². The van der Waals surface area contributed by atoms with E-state index in [0.29, 0.717) is 48.9 Å². The van der Waals surface area contributed by atoms with Crippen LogP contribution in [0.4, 0.5) is 0 Å². The van der Waals surface area contributed by atoms with E-state index < -0.39 is 0 Å². The Labute approximate surface area is 296 Å². The Morgan fingerprint density at radius 1 is 0.480 bits per heavy atom. The van der Waals surface area contributed by atoms with Gasteiger partial charge in [-0.25, -0.2) is 0 Å². The van der Waals surface area contributed by atoms with Crippen molar-refractivity contribution in [1.29, 1.82) is 0 Å². The predicted molar refractivity (Wildman–Crippen MR) is 202 cm³/mol. The van der Waals surface area contributed by atoms with Crippen molar-refractivity contribution >= 4 is 11.4 Å². The number of likely N-dealkylation sites (tertiary alicyclic amines) is 2. The average molecular weight is 675 g/mol. The van der Waals surface area contributed by atoms with Crippen molar-refractivity contribution in [3.05, 3.63) is 119 Å². The first-order valence-corrected chi connectivity index (χ1v) is 18.2. The van der Waals surface area contributed by atoms with Gasteiger partial charge >= 0.3 is 0 Å². The third-order valence-corrected chi connectivity index (χ3v) is 9.47. The van der Waals surface area contributed by atoms with Crippen molar-refractivity contribution in [1.82, 2.24) is 9.80 Å². The summed E-state index contributed by atoms with van der Waals surface area (Å²) in [6.07, 6.45) is 7.58. The molecule has 4 aromatic carbocycles. The lowest BCUT2D eigenvalue weighted by atomic mass is 10.00. The molecule has 0 atom stereocenters. The molecule has 4 aromatic rings. The van der Waals surface area contributed by atoms with Crippen LogP contribution in [0.5, 0.6) is 23.0 Å². The van der Waals surface area contributed by atoms with E-state index in [9.17, 15) is 10.2 Å². The van der Waals surface area contributed by atoms with Gasteiger partial charge in [-0.3, -0.25) is 19.8 Å². The minimum absolute atomic E-state index is 0.156. The van der Waals surface area contributed by atoms with Gasteiger partial charge in [0, 0.05) is 35.3 Å². The summed E-state index contributed by atoms with van der Waals surface area (Å²) in [5.41, 5.74) is 4.22. The largest absolute Gasteiger partial charge is 0.507 e. The zero-order valence-electron chi connectivity index (χ0n) is 29.1. The number of nitrogens with zero attached hydrogens (tertiary/aromatic N) is 4. The fourth-order valence-electron chi connectivity index (χ4n) is 6.81. The molecule has 6 rings (SSSR count). The zero-order chi connectivity index (χ0) is 34.4. The van der Waals surface area contributed by atoms with E-state index in [2.05, 4.69) is 9.80 Å². The Kier molecular flexibility index (Phi) is 12.9. The van der Waals surface area contributed by atoms with Crippen molar-refractivity contribution in [2.75, 3.05) is 65.6 Å². The Bertz CT molecular complexity index is 1600. The number of phenolic OH excluding ortho intramolecular Hbond substituents is 2. The standard InChI is InChI=1S/C42H50N4O4/c47-37-19-7-3-15-33(37)41(35-17-5-9-21-39(35)49-31-29-45-25-11-1-12-26-45)43-23-24-44-42(34-16-4-8-20-38(34)48)36-18-6-10-22-40(36)50-32-30-46-27-13-2-14-28-46/h3-10,15-22,47-48H,1-2,11-14,23-32H2. The number of benzene rings is 4. The van der Waals surface area contributed by atoms with Gasteiger partial charge in [-0.1, -0.05) is 61.4 Å². The maximum atomic E-state index is 10.9. The van der Waals surface area contributed by atoms with Crippen molar-refractivity contribution in [2.45, 2.75) is 38.5 Å². The highest BCUT2D eigenvalue weighted by atomic mass is 16.5. The Morgan fingerprint density at radius 3 is 1.24 bits per heavy atom. The molecule has 2 aliphatic heterocycles. The van der Waals surface area contributed by atoms with Gasteiger partial charge in [0.1, 0.15) is 36.2 Å². The van der Waals surface area contributed by atoms with E-state index in [4.69, 9.17) is 19.5 Å². The molecule has 2 saturated heterocycles. The number of aliphatic imine (C=N–C) groups is 2. The van der Waals surface area contributed by atoms with Gasteiger partial charge in [-0.05, 0) is 100 Å². The van der Waals surface area contributed by atoms with Crippen LogP contribution < -0.4 is 9.47 Å². The number of ether oxygens (including phenoxy) is 2. The quantitative estimate of drug-likeness (QED) is 0.102. The SMILES string of the molecule is Oc1ccccc1C(=NCCN=C(c1ccccc1O)c1ccccc1OCCN1CCCCC1)c1ccccc1OCCN1CCCCC1. The second-order valence-corrected chi connectivity index (χ2v) is 13.0. The molecule has 8 heteroatoms. The minimum atomic E-state index is 0.156. The summed E-state index contributed by atoms with van der Waals surface area (Å²) >= 11 is 0. The summed E-state index contributed by atoms with van der Waals surface area (Å²) in [7, 11) is 0. The van der Waals surface area contributed by atoms with E-state index in [-0.39, 0.29) is 11.5 Å². The summed E-state index contributed by atoms with van der Waals surface area (Å²) in [4.78, 5) is 15.0. The number of piperidine rings is 2. The molecular formula is C42H50N4O4. The van der Waals surface area contributed by atoms with Crippen LogP contribution in [0.1, 0.15) is 60.8 Å². The third-order valence-electron chi connectivity index (χ3n) is 9.47. The fourth-order valence-corrected chi connectivity index (χ4v) is 6.81. The molecule has 0 saturated carbocycles. The lowest BCUT2D eigenvalue weighted by molar-refractivity contribution is 0.183. The fraction of sp³-hybridized carbons (Fsp3) is 0.381. The molecule has 262 valence electrons. The summed E-state index contributed by atoms with van der Waals surface area (Å²) in [6, 6.07) is 30.4. The molecular weight excluding hydrogens is 624 g/mol. The van der Waals surface area contributed by atoms with Gasteiger partial charge in [-0.15, -0.1) is 0 Å². The first kappa shape index (κ1) is 35.2. The Hall–Kier alpha value is -4.66. The molecule has 8 nitrogen and oxygen atoms in total. The molecule has 0 unspecified atom stereocenters. The molecule has 2 aliphatic rings. The summed E-state index contributed by atoms with van der Waals surface area (Å²) in [5, 5.41) is 21.9. The molecule has 0 spiro atoms. The van der Waals surface area contributed by atoms with Crippen molar-refractivity contribution in [3.63, 3.8) is 0 Å². The third kappa shape index (κ3) is 9.52. The molecule has 0 radical (unpaired) electrons. The maximum absolute atomic E-state index is 10.9. The maximum Gasteiger partial charge on any atom is 0.128 e. The number of hydrogen-bond donors (Lipinski definition) is 2. The second-order valence-electron chi connectivity index (χ2n) is 13.0. The highest BCUT2D eigenvalue weighted by Gasteiger charge is 2.19. The second kappa shape index (κ2) is 18.4. The van der Waals surface area contributed by atoms with Gasteiger partial charge in [0.25, 0.3) is 0 Å². The number of rotatable bonds is 15. The Morgan fingerprint density at radius 2 is 0.840 bits per heavy atom. The molecule has 0 amide bonds. The van der Waals surface area contributed by atoms with Crippen LogP contribution in [-0.4, -0.2) is 97.0 Å². The van der Waals surface area contributed by atoms with Crippen LogP contribution in [0.25, 0.3) is 0 Å². The van der Waals surface area contributed by atoms with Gasteiger partial charge in [-0.2, -0.15) is 0 Å². The monoisotopic (exact) mass is 674 g/mol. The van der Waals surface area contributed by atoms with E-state index in [1.165, 1.54) is 38.5 Å². The highest BCUT2D eigenvalue weighted by molar-refractivity contribution is 6.16. The van der Waals surface area contributed by atoms with E-state index in [1.54, 1.807) is 12.1 Å². The molecule has 50 heavy (non-hydrogen) atoms. The number of para-hydroxylation sites is 4. The molecule has 0 aromatic heterocycles. The van der Waals surface area contributed by atoms with Crippen LogP contribution in [-0.2, 0) is 0 Å². The van der Waals surface area contributed by atoms with Crippen LogP contribution >= 0.6 is 0 Å². The number of aromatic hydroxyl groups is 2. The highest BCUT2D eigenvalue weighted by Crippen LogP contribution is 2.29. The van der Waals surface area contributed by atoms with Crippen molar-refractivity contribution in [2.24, 2.45) is 9.98 Å². The van der Waals surface area contributed by atoms with Gasteiger partial charge in [0.15, 0.2) is 0 Å². The average Bonchev–Trinajstić information content (AvgIpc) is 3.16. The molecule has 0 bridgehead atoms. The molecule has 0 aliphatic carbocycles. The molecule has 2 fully saturated rings. The van der Waals surface area contributed by atoms with Gasteiger partial charge in [0.05, 0.1) is 24.5 Å². The first-order chi connectivity index (χ1) is 24.7. The zero-order valence-corrected chi connectivity index (χ0v) is 29.1. The smallest absolute Gasteiger partial charge is 0.128 e. The van der Waals surface area contributed by atoms with Gasteiger partial charge in [0.2, 0.25) is 0 Å². The van der Waals surface area contributed by atoms with Crippen LogP contribution in [0.15, 0.2) is 107 Å². The minimum Gasteiger partial charge on any atom is -0.507 e. The van der Waals surface area contributed by atoms with Crippen LogP contribution in [0.2, 0.25) is 0 Å². The predicted octanol–water partition coefficient (Wildman–Crippen LogP) is 7.20. The van der Waals surface area contributed by atoms with E-state index in [0.717, 1.165) is 61.9 Å². The summed E-state index contributed by atoms with van der Waals surface area (Å²) in [5.74, 6) is 1.79. The van der Waals surface area contributed by atoms with Crippen molar-refractivity contribution < 1.29 is 19.7 Å². The Balaban J connectivity index is 1.25. The molecule has 2 heterocycles.